The first-order valence-corrected chi connectivity index (χ1v) is 6.74. The van der Waals surface area contributed by atoms with Gasteiger partial charge < -0.3 is 10.5 Å². The van der Waals surface area contributed by atoms with Crippen molar-refractivity contribution in [2.45, 2.75) is 0 Å². The van der Waals surface area contributed by atoms with Gasteiger partial charge >= 0.3 is 0 Å². The van der Waals surface area contributed by atoms with Gasteiger partial charge in [-0.1, -0.05) is 53.1 Å². The zero-order valence-electron chi connectivity index (χ0n) is 9.49. The fourth-order valence-corrected chi connectivity index (χ4v) is 2.13. The molecule has 0 aliphatic carbocycles. The van der Waals surface area contributed by atoms with Crippen molar-refractivity contribution >= 4 is 52.0 Å². The smallest absolute Gasteiger partial charge is 0.147 e. The van der Waals surface area contributed by atoms with E-state index in [1.807, 2.05) is 0 Å². The molecule has 0 unspecified atom stereocenters. The molecule has 0 amide bonds. The second-order valence-electron chi connectivity index (χ2n) is 3.66. The Morgan fingerprint density at radius 3 is 2.47 bits per heavy atom. The second-order valence-corrected chi connectivity index (χ2v) is 5.32. The van der Waals surface area contributed by atoms with Crippen LogP contribution in [0.1, 0.15) is 5.56 Å². The molecule has 0 atom stereocenters. The molecule has 98 valence electrons. The van der Waals surface area contributed by atoms with Crippen LogP contribution in [0, 0.1) is 0 Å². The van der Waals surface area contributed by atoms with Crippen LogP contribution in [0.2, 0.25) is 15.1 Å². The maximum absolute atomic E-state index is 6.06. The Morgan fingerprint density at radius 1 is 1.05 bits per heavy atom. The molecular formula is C13H8Cl3NOS. The van der Waals surface area contributed by atoms with E-state index in [1.165, 1.54) is 0 Å². The zero-order chi connectivity index (χ0) is 14.0. The van der Waals surface area contributed by atoms with Crippen molar-refractivity contribution in [2.24, 2.45) is 5.73 Å². The standard InChI is InChI=1S/C13H8Cl3NOS/c14-7-4-5-8(13(17)19)11(6-7)18-10-3-1-2-9(15)12(10)16/h1-6H,(H2,17,19). The summed E-state index contributed by atoms with van der Waals surface area (Å²) in [4.78, 5) is 0.213. The first-order valence-electron chi connectivity index (χ1n) is 5.20. The fraction of sp³-hybridized carbons (Fsp3) is 0. The summed E-state index contributed by atoms with van der Waals surface area (Å²) in [7, 11) is 0. The van der Waals surface area contributed by atoms with E-state index in [9.17, 15) is 0 Å². The number of hydrogen-bond donors (Lipinski definition) is 1. The zero-order valence-corrected chi connectivity index (χ0v) is 12.6. The fourth-order valence-electron chi connectivity index (χ4n) is 1.47. The quantitative estimate of drug-likeness (QED) is 0.797. The summed E-state index contributed by atoms with van der Waals surface area (Å²) in [6.07, 6.45) is 0. The lowest BCUT2D eigenvalue weighted by Gasteiger charge is -2.12. The Bertz CT molecular complexity index is 646. The molecule has 2 nitrogen and oxygen atoms in total. The first-order chi connectivity index (χ1) is 8.99. The van der Waals surface area contributed by atoms with Crippen molar-refractivity contribution in [3.05, 3.63) is 57.0 Å². The van der Waals surface area contributed by atoms with E-state index >= 15 is 0 Å². The molecular weight excluding hydrogens is 325 g/mol. The Kier molecular flexibility index (Phi) is 4.53. The van der Waals surface area contributed by atoms with E-state index in [1.54, 1.807) is 36.4 Å². The third kappa shape index (κ3) is 3.31. The van der Waals surface area contributed by atoms with Gasteiger partial charge in [0.1, 0.15) is 21.5 Å². The van der Waals surface area contributed by atoms with Crippen LogP contribution in [0.15, 0.2) is 36.4 Å². The van der Waals surface area contributed by atoms with Crippen LogP contribution in [0.3, 0.4) is 0 Å². The van der Waals surface area contributed by atoms with Gasteiger partial charge in [0, 0.05) is 11.1 Å². The summed E-state index contributed by atoms with van der Waals surface area (Å²) in [6, 6.07) is 10.1. The Balaban J connectivity index is 2.45. The van der Waals surface area contributed by atoms with E-state index in [0.29, 0.717) is 32.1 Å². The minimum absolute atomic E-state index is 0.213. The highest BCUT2D eigenvalue weighted by molar-refractivity contribution is 7.80. The Labute approximate surface area is 131 Å². The molecule has 0 heterocycles. The van der Waals surface area contributed by atoms with Gasteiger partial charge in [-0.2, -0.15) is 0 Å². The molecule has 6 heteroatoms. The molecule has 0 aliphatic heterocycles. The number of hydrogen-bond acceptors (Lipinski definition) is 2. The predicted octanol–water partition coefficient (Wildman–Crippen LogP) is 5.07. The normalized spacial score (nSPS) is 10.3. The van der Waals surface area contributed by atoms with Gasteiger partial charge in [-0.05, 0) is 24.3 Å². The molecule has 0 saturated carbocycles. The maximum Gasteiger partial charge on any atom is 0.147 e. The van der Waals surface area contributed by atoms with E-state index < -0.39 is 0 Å². The van der Waals surface area contributed by atoms with Crippen LogP contribution < -0.4 is 10.5 Å². The second kappa shape index (κ2) is 5.97. The molecule has 0 radical (unpaired) electrons. The highest BCUT2D eigenvalue weighted by Gasteiger charge is 2.12. The molecule has 0 bridgehead atoms. The summed E-state index contributed by atoms with van der Waals surface area (Å²) in [6.45, 7) is 0. The van der Waals surface area contributed by atoms with Crippen LogP contribution in [-0.2, 0) is 0 Å². The number of nitrogens with two attached hydrogens (primary N) is 1. The van der Waals surface area contributed by atoms with Crippen LogP contribution in [0.5, 0.6) is 11.5 Å². The Hall–Kier alpha value is -1.000. The van der Waals surface area contributed by atoms with E-state index in [4.69, 9.17) is 57.5 Å². The van der Waals surface area contributed by atoms with Gasteiger partial charge in [0.25, 0.3) is 0 Å². The molecule has 0 spiro atoms. The monoisotopic (exact) mass is 331 g/mol. The predicted molar refractivity (Wildman–Crippen MR) is 83.9 cm³/mol. The van der Waals surface area contributed by atoms with Crippen molar-refractivity contribution in [2.75, 3.05) is 0 Å². The topological polar surface area (TPSA) is 35.2 Å². The lowest BCUT2D eigenvalue weighted by Crippen LogP contribution is -2.10. The largest absolute Gasteiger partial charge is 0.455 e. The summed E-state index contributed by atoms with van der Waals surface area (Å²) in [5.74, 6) is 0.845. The molecule has 2 N–H and O–H groups in total. The number of thiocarbonyl (C=S) groups is 1. The minimum Gasteiger partial charge on any atom is -0.455 e. The first kappa shape index (κ1) is 14.4. The lowest BCUT2D eigenvalue weighted by molar-refractivity contribution is 0.482. The van der Waals surface area contributed by atoms with Crippen molar-refractivity contribution in [3.8, 4) is 11.5 Å². The van der Waals surface area contributed by atoms with Gasteiger partial charge in [-0.15, -0.1) is 0 Å². The molecule has 0 fully saturated rings. The van der Waals surface area contributed by atoms with E-state index in [0.717, 1.165) is 0 Å². The minimum atomic E-state index is 0.213. The van der Waals surface area contributed by atoms with Crippen LogP contribution in [0.25, 0.3) is 0 Å². The van der Waals surface area contributed by atoms with Gasteiger partial charge in [0.05, 0.1) is 10.6 Å². The van der Waals surface area contributed by atoms with Crippen molar-refractivity contribution in [1.29, 1.82) is 0 Å². The van der Waals surface area contributed by atoms with Gasteiger partial charge in [0.2, 0.25) is 0 Å². The number of halogens is 3. The average Bonchev–Trinajstić information content (AvgIpc) is 2.35. The molecule has 0 aliphatic rings. The molecule has 2 aromatic rings. The third-order valence-corrected chi connectivity index (χ3v) is 3.60. The van der Waals surface area contributed by atoms with Crippen LogP contribution in [0.4, 0.5) is 0 Å². The summed E-state index contributed by atoms with van der Waals surface area (Å²) >= 11 is 22.9. The summed E-state index contributed by atoms with van der Waals surface area (Å²) < 4.78 is 5.69. The number of rotatable bonds is 3. The summed E-state index contributed by atoms with van der Waals surface area (Å²) in [5.41, 5.74) is 6.21. The van der Waals surface area contributed by atoms with Crippen LogP contribution in [-0.4, -0.2) is 4.99 Å². The van der Waals surface area contributed by atoms with Gasteiger partial charge in [-0.3, -0.25) is 0 Å². The molecule has 2 aromatic carbocycles. The van der Waals surface area contributed by atoms with Crippen molar-refractivity contribution in [3.63, 3.8) is 0 Å². The molecule has 19 heavy (non-hydrogen) atoms. The lowest BCUT2D eigenvalue weighted by atomic mass is 10.2. The molecule has 0 saturated heterocycles. The van der Waals surface area contributed by atoms with E-state index in [2.05, 4.69) is 0 Å². The maximum atomic E-state index is 6.06. The highest BCUT2D eigenvalue weighted by atomic mass is 35.5. The Morgan fingerprint density at radius 2 is 1.79 bits per heavy atom. The third-order valence-electron chi connectivity index (χ3n) is 2.35. The van der Waals surface area contributed by atoms with Crippen LogP contribution >= 0.6 is 47.0 Å². The van der Waals surface area contributed by atoms with Crippen molar-refractivity contribution in [1.82, 2.24) is 0 Å². The van der Waals surface area contributed by atoms with Gasteiger partial charge in [0.15, 0.2) is 0 Å². The van der Waals surface area contributed by atoms with E-state index in [-0.39, 0.29) is 4.99 Å². The number of ether oxygens (including phenoxy) is 1. The average molecular weight is 333 g/mol. The summed E-state index contributed by atoms with van der Waals surface area (Å²) in [5, 5.41) is 1.23. The van der Waals surface area contributed by atoms with Crippen molar-refractivity contribution < 1.29 is 4.74 Å². The number of benzene rings is 2. The SMILES string of the molecule is NC(=S)c1ccc(Cl)cc1Oc1cccc(Cl)c1Cl. The van der Waals surface area contributed by atoms with Gasteiger partial charge in [-0.25, -0.2) is 0 Å². The molecule has 0 aromatic heterocycles. The molecule has 2 rings (SSSR count). The highest BCUT2D eigenvalue weighted by Crippen LogP contribution is 2.36.